The molecule has 1 N–H and O–H groups in total. The van der Waals surface area contributed by atoms with Crippen molar-refractivity contribution in [3.8, 4) is 0 Å². The van der Waals surface area contributed by atoms with Gasteiger partial charge in [0.1, 0.15) is 5.82 Å². The number of rotatable bonds is 5. The van der Waals surface area contributed by atoms with Crippen LogP contribution in [0.15, 0.2) is 18.2 Å². The Bertz CT molecular complexity index is 521. The smallest absolute Gasteiger partial charge is 0.184 e. The molecule has 4 heteroatoms. The number of hydrogen-bond donors (Lipinski definition) is 1. The van der Waals surface area contributed by atoms with Crippen LogP contribution in [0.25, 0.3) is 10.2 Å². The molecule has 0 radical (unpaired) electrons. The summed E-state index contributed by atoms with van der Waals surface area (Å²) in [6.07, 6.45) is 2.33. The van der Waals surface area contributed by atoms with Gasteiger partial charge in [0.25, 0.3) is 0 Å². The van der Waals surface area contributed by atoms with Crippen molar-refractivity contribution < 1.29 is 4.39 Å². The molecule has 0 fully saturated rings. The summed E-state index contributed by atoms with van der Waals surface area (Å²) in [5.41, 5.74) is 0.735. The SMILES string of the molecule is CC(C)CCC(C)Nc1nc2cc(F)ccc2s1. The van der Waals surface area contributed by atoms with Crippen LogP contribution in [-0.4, -0.2) is 11.0 Å². The van der Waals surface area contributed by atoms with Gasteiger partial charge in [0.2, 0.25) is 0 Å². The van der Waals surface area contributed by atoms with Gasteiger partial charge in [0.15, 0.2) is 5.13 Å². The molecule has 2 rings (SSSR count). The van der Waals surface area contributed by atoms with Crippen molar-refractivity contribution >= 4 is 26.7 Å². The van der Waals surface area contributed by atoms with Crippen molar-refractivity contribution in [3.05, 3.63) is 24.0 Å². The maximum Gasteiger partial charge on any atom is 0.184 e. The van der Waals surface area contributed by atoms with Crippen molar-refractivity contribution in [3.63, 3.8) is 0 Å². The van der Waals surface area contributed by atoms with E-state index in [1.165, 1.54) is 18.6 Å². The molecule has 1 heterocycles. The first-order chi connectivity index (χ1) is 8.54. The minimum absolute atomic E-state index is 0.229. The van der Waals surface area contributed by atoms with E-state index in [0.29, 0.717) is 6.04 Å². The van der Waals surface area contributed by atoms with Crippen LogP contribution in [-0.2, 0) is 0 Å². The first-order valence-electron chi connectivity index (χ1n) is 6.37. The molecule has 2 nitrogen and oxygen atoms in total. The average Bonchev–Trinajstić information content (AvgIpc) is 2.67. The Morgan fingerprint density at radius 2 is 2.06 bits per heavy atom. The maximum absolute atomic E-state index is 13.1. The van der Waals surface area contributed by atoms with Crippen LogP contribution in [0, 0.1) is 11.7 Å². The fourth-order valence-electron chi connectivity index (χ4n) is 1.83. The van der Waals surface area contributed by atoms with Gasteiger partial charge in [-0.2, -0.15) is 0 Å². The van der Waals surface area contributed by atoms with E-state index in [4.69, 9.17) is 0 Å². The number of benzene rings is 1. The number of nitrogens with zero attached hydrogens (tertiary/aromatic N) is 1. The van der Waals surface area contributed by atoms with Crippen LogP contribution in [0.3, 0.4) is 0 Å². The molecule has 1 atom stereocenters. The average molecular weight is 266 g/mol. The molecule has 1 unspecified atom stereocenters. The number of nitrogens with one attached hydrogen (secondary N) is 1. The summed E-state index contributed by atoms with van der Waals surface area (Å²) >= 11 is 1.58. The second kappa shape index (κ2) is 5.65. The van der Waals surface area contributed by atoms with E-state index in [0.717, 1.165) is 27.7 Å². The molecule has 0 aliphatic heterocycles. The van der Waals surface area contributed by atoms with Gasteiger partial charge in [0, 0.05) is 12.1 Å². The van der Waals surface area contributed by atoms with Crippen LogP contribution in [0.4, 0.5) is 9.52 Å². The Morgan fingerprint density at radius 1 is 1.28 bits per heavy atom. The maximum atomic E-state index is 13.1. The summed E-state index contributed by atoms with van der Waals surface area (Å²) in [7, 11) is 0. The largest absolute Gasteiger partial charge is 0.359 e. The zero-order chi connectivity index (χ0) is 13.1. The van der Waals surface area contributed by atoms with Crippen molar-refractivity contribution in [1.29, 1.82) is 0 Å². The van der Waals surface area contributed by atoms with E-state index in [9.17, 15) is 4.39 Å². The van der Waals surface area contributed by atoms with Crippen molar-refractivity contribution in [2.45, 2.75) is 39.7 Å². The first kappa shape index (κ1) is 13.3. The summed E-state index contributed by atoms with van der Waals surface area (Å²) in [4.78, 5) is 4.41. The van der Waals surface area contributed by atoms with Crippen LogP contribution >= 0.6 is 11.3 Å². The van der Waals surface area contributed by atoms with Crippen LogP contribution in [0.5, 0.6) is 0 Å². The number of aromatic nitrogens is 1. The highest BCUT2D eigenvalue weighted by molar-refractivity contribution is 7.22. The van der Waals surface area contributed by atoms with Crippen molar-refractivity contribution in [1.82, 2.24) is 4.98 Å². The lowest BCUT2D eigenvalue weighted by Gasteiger charge is -2.13. The Labute approximate surface area is 111 Å². The fraction of sp³-hybridized carbons (Fsp3) is 0.500. The lowest BCUT2D eigenvalue weighted by molar-refractivity contribution is 0.527. The third-order valence-electron chi connectivity index (χ3n) is 2.90. The second-order valence-electron chi connectivity index (χ2n) is 5.15. The predicted molar refractivity (Wildman–Crippen MR) is 76.7 cm³/mol. The number of fused-ring (bicyclic) bond motifs is 1. The molecule has 0 saturated heterocycles. The Balaban J connectivity index is 2.03. The number of hydrogen-bond acceptors (Lipinski definition) is 3. The van der Waals surface area contributed by atoms with Crippen LogP contribution in [0.2, 0.25) is 0 Å². The highest BCUT2D eigenvalue weighted by Crippen LogP contribution is 2.27. The quantitative estimate of drug-likeness (QED) is 0.850. The third kappa shape index (κ3) is 3.42. The van der Waals surface area contributed by atoms with E-state index in [1.807, 2.05) is 0 Å². The van der Waals surface area contributed by atoms with Gasteiger partial charge in [-0.1, -0.05) is 25.2 Å². The highest BCUT2D eigenvalue weighted by atomic mass is 32.1. The molecular weight excluding hydrogens is 247 g/mol. The Hall–Kier alpha value is -1.16. The lowest BCUT2D eigenvalue weighted by atomic mass is 10.0. The fourth-order valence-corrected chi connectivity index (χ4v) is 2.79. The molecule has 0 spiro atoms. The van der Waals surface area contributed by atoms with E-state index in [2.05, 4.69) is 31.1 Å². The van der Waals surface area contributed by atoms with E-state index in [-0.39, 0.29) is 5.82 Å². The molecule has 0 saturated carbocycles. The summed E-state index contributed by atoms with van der Waals surface area (Å²) in [5.74, 6) is 0.492. The van der Waals surface area contributed by atoms with Crippen molar-refractivity contribution in [2.75, 3.05) is 5.32 Å². The van der Waals surface area contributed by atoms with E-state index >= 15 is 0 Å². The Kier molecular flexibility index (Phi) is 4.17. The standard InChI is InChI=1S/C14H19FN2S/c1-9(2)4-5-10(3)16-14-17-12-8-11(15)6-7-13(12)18-14/h6-10H,4-5H2,1-3H3,(H,16,17). The van der Waals surface area contributed by atoms with Crippen molar-refractivity contribution in [2.24, 2.45) is 5.92 Å². The molecule has 1 aromatic heterocycles. The molecule has 2 aromatic rings. The normalized spacial score (nSPS) is 13.2. The first-order valence-corrected chi connectivity index (χ1v) is 7.19. The number of thiazole rings is 1. The van der Waals surface area contributed by atoms with E-state index in [1.54, 1.807) is 17.4 Å². The molecule has 1 aromatic carbocycles. The van der Waals surface area contributed by atoms with Gasteiger partial charge in [-0.05, 0) is 37.8 Å². The molecule has 0 bridgehead atoms. The predicted octanol–water partition coefficient (Wildman–Crippen LogP) is 4.67. The highest BCUT2D eigenvalue weighted by Gasteiger charge is 2.08. The monoisotopic (exact) mass is 266 g/mol. The lowest BCUT2D eigenvalue weighted by Crippen LogP contribution is -2.15. The number of halogens is 1. The minimum Gasteiger partial charge on any atom is -0.359 e. The molecule has 0 amide bonds. The zero-order valence-corrected chi connectivity index (χ0v) is 11.9. The Morgan fingerprint density at radius 3 is 2.78 bits per heavy atom. The summed E-state index contributed by atoms with van der Waals surface area (Å²) < 4.78 is 14.1. The molecule has 98 valence electrons. The van der Waals surface area contributed by atoms with Gasteiger partial charge in [0.05, 0.1) is 10.2 Å². The second-order valence-corrected chi connectivity index (χ2v) is 6.18. The zero-order valence-electron chi connectivity index (χ0n) is 11.0. The molecule has 0 aliphatic rings. The van der Waals surface area contributed by atoms with Crippen LogP contribution < -0.4 is 5.32 Å². The minimum atomic E-state index is -0.229. The number of anilines is 1. The third-order valence-corrected chi connectivity index (χ3v) is 3.86. The molecule has 0 aliphatic carbocycles. The van der Waals surface area contributed by atoms with Gasteiger partial charge >= 0.3 is 0 Å². The van der Waals surface area contributed by atoms with E-state index < -0.39 is 0 Å². The van der Waals surface area contributed by atoms with Gasteiger partial charge in [-0.15, -0.1) is 0 Å². The van der Waals surface area contributed by atoms with Gasteiger partial charge in [-0.3, -0.25) is 0 Å². The topological polar surface area (TPSA) is 24.9 Å². The summed E-state index contributed by atoms with van der Waals surface area (Å²) in [6, 6.07) is 5.15. The van der Waals surface area contributed by atoms with Gasteiger partial charge in [-0.25, -0.2) is 9.37 Å². The molecular formula is C14H19FN2S. The summed E-state index contributed by atoms with van der Waals surface area (Å²) in [6.45, 7) is 6.62. The summed E-state index contributed by atoms with van der Waals surface area (Å²) in [5, 5.41) is 4.27. The molecule has 18 heavy (non-hydrogen) atoms. The van der Waals surface area contributed by atoms with Crippen LogP contribution in [0.1, 0.15) is 33.6 Å². The van der Waals surface area contributed by atoms with Gasteiger partial charge < -0.3 is 5.32 Å².